The standard InChI is InChI=1S/C13H28N2O4S/c1-5-10-20(18,19)14-11(4)13(17)15(8-9-16)12(6-2)7-3/h11-12,14,16H,5-10H2,1-4H3. The van der Waals surface area contributed by atoms with E-state index in [1.54, 1.807) is 18.7 Å². The van der Waals surface area contributed by atoms with Crippen LogP contribution in [0.15, 0.2) is 0 Å². The molecule has 120 valence electrons. The summed E-state index contributed by atoms with van der Waals surface area (Å²) in [5, 5.41) is 9.09. The van der Waals surface area contributed by atoms with Gasteiger partial charge in [0.1, 0.15) is 0 Å². The van der Waals surface area contributed by atoms with Gasteiger partial charge < -0.3 is 10.0 Å². The van der Waals surface area contributed by atoms with Crippen LogP contribution in [0.1, 0.15) is 47.0 Å². The average molecular weight is 308 g/mol. The zero-order valence-electron chi connectivity index (χ0n) is 12.9. The summed E-state index contributed by atoms with van der Waals surface area (Å²) in [6.45, 7) is 7.35. The summed E-state index contributed by atoms with van der Waals surface area (Å²) < 4.78 is 25.8. The van der Waals surface area contributed by atoms with Crippen molar-refractivity contribution in [2.45, 2.75) is 59.0 Å². The molecular weight excluding hydrogens is 280 g/mol. The van der Waals surface area contributed by atoms with E-state index in [1.165, 1.54) is 0 Å². The van der Waals surface area contributed by atoms with Crippen molar-refractivity contribution in [3.05, 3.63) is 0 Å². The van der Waals surface area contributed by atoms with Gasteiger partial charge in [-0.2, -0.15) is 0 Å². The Morgan fingerprint density at radius 1 is 1.25 bits per heavy atom. The molecule has 1 unspecified atom stereocenters. The van der Waals surface area contributed by atoms with Gasteiger partial charge in [-0.3, -0.25) is 4.79 Å². The SMILES string of the molecule is CCCS(=O)(=O)NC(C)C(=O)N(CCO)C(CC)CC. The lowest BCUT2D eigenvalue weighted by atomic mass is 10.1. The number of nitrogens with zero attached hydrogens (tertiary/aromatic N) is 1. The molecule has 0 radical (unpaired) electrons. The zero-order valence-corrected chi connectivity index (χ0v) is 13.7. The lowest BCUT2D eigenvalue weighted by Crippen LogP contribution is -2.51. The van der Waals surface area contributed by atoms with Crippen molar-refractivity contribution < 1.29 is 18.3 Å². The van der Waals surface area contributed by atoms with Crippen LogP contribution in [0.2, 0.25) is 0 Å². The number of aliphatic hydroxyl groups excluding tert-OH is 1. The van der Waals surface area contributed by atoms with Crippen LogP contribution in [-0.4, -0.2) is 55.3 Å². The number of nitrogens with one attached hydrogen (secondary N) is 1. The molecule has 0 spiro atoms. The molecule has 0 saturated heterocycles. The minimum absolute atomic E-state index is 0.00953. The minimum Gasteiger partial charge on any atom is -0.395 e. The summed E-state index contributed by atoms with van der Waals surface area (Å²) in [4.78, 5) is 13.9. The van der Waals surface area contributed by atoms with Crippen molar-refractivity contribution in [1.82, 2.24) is 9.62 Å². The summed E-state index contributed by atoms with van der Waals surface area (Å²) >= 11 is 0. The number of carbonyl (C=O) groups excluding carboxylic acids is 1. The first-order valence-corrected chi connectivity index (χ1v) is 8.89. The van der Waals surface area contributed by atoms with Crippen LogP contribution in [0.25, 0.3) is 0 Å². The maximum Gasteiger partial charge on any atom is 0.240 e. The van der Waals surface area contributed by atoms with Gasteiger partial charge in [0, 0.05) is 12.6 Å². The molecular formula is C13H28N2O4S. The normalized spacial score (nSPS) is 13.5. The molecule has 7 heteroatoms. The van der Waals surface area contributed by atoms with E-state index in [-0.39, 0.29) is 30.9 Å². The second kappa shape index (κ2) is 9.31. The van der Waals surface area contributed by atoms with Crippen LogP contribution in [0.5, 0.6) is 0 Å². The Kier molecular flexibility index (Phi) is 9.00. The van der Waals surface area contributed by atoms with Crippen LogP contribution >= 0.6 is 0 Å². The van der Waals surface area contributed by atoms with Gasteiger partial charge in [-0.1, -0.05) is 20.8 Å². The molecule has 0 aromatic heterocycles. The first-order valence-electron chi connectivity index (χ1n) is 7.24. The second-order valence-electron chi connectivity index (χ2n) is 4.88. The number of aliphatic hydroxyl groups is 1. The third-order valence-electron chi connectivity index (χ3n) is 3.21. The van der Waals surface area contributed by atoms with Gasteiger partial charge in [0.25, 0.3) is 0 Å². The molecule has 1 atom stereocenters. The minimum atomic E-state index is -3.42. The van der Waals surface area contributed by atoms with E-state index >= 15 is 0 Å². The van der Waals surface area contributed by atoms with E-state index in [1.807, 2.05) is 13.8 Å². The number of rotatable bonds is 10. The van der Waals surface area contributed by atoms with Gasteiger partial charge in [-0.25, -0.2) is 13.1 Å². The number of sulfonamides is 1. The molecule has 0 aliphatic rings. The van der Waals surface area contributed by atoms with E-state index in [0.29, 0.717) is 6.42 Å². The highest BCUT2D eigenvalue weighted by molar-refractivity contribution is 7.89. The van der Waals surface area contributed by atoms with Crippen molar-refractivity contribution in [3.8, 4) is 0 Å². The molecule has 0 aromatic carbocycles. The molecule has 0 aliphatic carbocycles. The predicted octanol–water partition coefficient (Wildman–Crippen LogP) is 0.714. The van der Waals surface area contributed by atoms with Gasteiger partial charge in [0.2, 0.25) is 15.9 Å². The smallest absolute Gasteiger partial charge is 0.240 e. The Labute approximate surface area is 122 Å². The second-order valence-corrected chi connectivity index (χ2v) is 6.76. The van der Waals surface area contributed by atoms with Crippen molar-refractivity contribution in [2.75, 3.05) is 18.9 Å². The molecule has 0 heterocycles. The van der Waals surface area contributed by atoms with E-state index < -0.39 is 16.1 Å². The first-order chi connectivity index (χ1) is 9.32. The predicted molar refractivity (Wildman–Crippen MR) is 79.8 cm³/mol. The molecule has 0 saturated carbocycles. The molecule has 1 amide bonds. The molecule has 0 aliphatic heterocycles. The molecule has 6 nitrogen and oxygen atoms in total. The van der Waals surface area contributed by atoms with Crippen LogP contribution in [-0.2, 0) is 14.8 Å². The van der Waals surface area contributed by atoms with Crippen LogP contribution in [0.4, 0.5) is 0 Å². The lowest BCUT2D eigenvalue weighted by Gasteiger charge is -2.32. The van der Waals surface area contributed by atoms with Crippen molar-refractivity contribution >= 4 is 15.9 Å². The topological polar surface area (TPSA) is 86.7 Å². The summed E-state index contributed by atoms with van der Waals surface area (Å²) in [7, 11) is -3.42. The Bertz CT molecular complexity index is 380. The van der Waals surface area contributed by atoms with Crippen molar-refractivity contribution in [2.24, 2.45) is 0 Å². The highest BCUT2D eigenvalue weighted by atomic mass is 32.2. The first kappa shape index (κ1) is 19.3. The Morgan fingerprint density at radius 2 is 1.80 bits per heavy atom. The molecule has 2 N–H and O–H groups in total. The van der Waals surface area contributed by atoms with Gasteiger partial charge in [0.15, 0.2) is 0 Å². The summed E-state index contributed by atoms with van der Waals surface area (Å²) in [5.41, 5.74) is 0. The summed E-state index contributed by atoms with van der Waals surface area (Å²) in [6.07, 6.45) is 2.05. The molecule has 0 bridgehead atoms. The highest BCUT2D eigenvalue weighted by Crippen LogP contribution is 2.10. The zero-order chi connectivity index (χ0) is 15.8. The molecule has 0 aromatic rings. The van der Waals surface area contributed by atoms with Gasteiger partial charge in [-0.15, -0.1) is 0 Å². The van der Waals surface area contributed by atoms with Crippen molar-refractivity contribution in [1.29, 1.82) is 0 Å². The van der Waals surface area contributed by atoms with Gasteiger partial charge in [-0.05, 0) is 26.2 Å². The van der Waals surface area contributed by atoms with Crippen LogP contribution in [0.3, 0.4) is 0 Å². The van der Waals surface area contributed by atoms with E-state index in [0.717, 1.165) is 12.8 Å². The highest BCUT2D eigenvalue weighted by Gasteiger charge is 2.27. The maximum absolute atomic E-state index is 12.4. The van der Waals surface area contributed by atoms with Crippen LogP contribution < -0.4 is 4.72 Å². The lowest BCUT2D eigenvalue weighted by molar-refractivity contribution is -0.135. The average Bonchev–Trinajstić information content (AvgIpc) is 2.37. The maximum atomic E-state index is 12.4. The summed E-state index contributed by atoms with van der Waals surface area (Å²) in [5.74, 6) is -0.275. The van der Waals surface area contributed by atoms with E-state index in [2.05, 4.69) is 4.72 Å². The third kappa shape index (κ3) is 6.19. The Balaban J connectivity index is 4.88. The fourth-order valence-electron chi connectivity index (χ4n) is 2.21. The fourth-order valence-corrected chi connectivity index (χ4v) is 3.50. The third-order valence-corrected chi connectivity index (χ3v) is 4.87. The molecule has 0 fully saturated rings. The summed E-state index contributed by atoms with van der Waals surface area (Å²) in [6, 6.07) is -0.786. The Morgan fingerprint density at radius 3 is 2.20 bits per heavy atom. The molecule has 0 rings (SSSR count). The van der Waals surface area contributed by atoms with Gasteiger partial charge >= 0.3 is 0 Å². The van der Waals surface area contributed by atoms with E-state index in [9.17, 15) is 13.2 Å². The number of hydrogen-bond acceptors (Lipinski definition) is 4. The van der Waals surface area contributed by atoms with Crippen LogP contribution in [0, 0.1) is 0 Å². The monoisotopic (exact) mass is 308 g/mol. The number of carbonyl (C=O) groups is 1. The number of amides is 1. The fraction of sp³-hybridized carbons (Fsp3) is 0.923. The number of hydrogen-bond donors (Lipinski definition) is 2. The molecule has 20 heavy (non-hydrogen) atoms. The van der Waals surface area contributed by atoms with Gasteiger partial charge in [0.05, 0.1) is 18.4 Å². The largest absolute Gasteiger partial charge is 0.395 e. The van der Waals surface area contributed by atoms with Crippen molar-refractivity contribution in [3.63, 3.8) is 0 Å². The quantitative estimate of drug-likeness (QED) is 0.622. The van der Waals surface area contributed by atoms with E-state index in [4.69, 9.17) is 5.11 Å². The Hall–Kier alpha value is -0.660.